The quantitative estimate of drug-likeness (QED) is 0.163. The maximum atomic E-state index is 12.5. The minimum atomic E-state index is -0.326. The van der Waals surface area contributed by atoms with Gasteiger partial charge in [0.1, 0.15) is 29.8 Å². The van der Waals surface area contributed by atoms with E-state index in [0.29, 0.717) is 45.1 Å². The molecule has 1 unspecified atom stereocenters. The molecule has 0 aliphatic rings. The third-order valence-electron chi connectivity index (χ3n) is 6.26. The molecule has 206 valence electrons. The maximum Gasteiger partial charge on any atom is 0.310 e. The Bertz CT molecular complexity index is 1380. The van der Waals surface area contributed by atoms with Crippen LogP contribution in [0, 0.1) is 0 Å². The van der Waals surface area contributed by atoms with E-state index in [9.17, 15) is 4.79 Å². The highest BCUT2D eigenvalue weighted by Gasteiger charge is 2.16. The van der Waals surface area contributed by atoms with Gasteiger partial charge in [0.05, 0.1) is 19.6 Å². The summed E-state index contributed by atoms with van der Waals surface area (Å²) in [5.74, 6) is 1.15. The molecule has 0 bridgehead atoms. The van der Waals surface area contributed by atoms with Crippen molar-refractivity contribution in [2.45, 2.75) is 39.1 Å². The number of furan rings is 1. The topological polar surface area (TPSA) is 122 Å². The fraction of sp³-hybridized carbons (Fsp3) is 0.323. The zero-order chi connectivity index (χ0) is 27.6. The van der Waals surface area contributed by atoms with Gasteiger partial charge in [-0.2, -0.15) is 0 Å². The van der Waals surface area contributed by atoms with Crippen molar-refractivity contribution in [1.82, 2.24) is 5.32 Å². The third kappa shape index (κ3) is 7.68. The van der Waals surface area contributed by atoms with E-state index in [4.69, 9.17) is 30.1 Å². The number of fused-ring (bicyclic) bond motifs is 1. The Hall–Kier alpha value is -3.69. The molecular formula is C31H37N3O5. The average molecular weight is 532 g/mol. The molecule has 8 heteroatoms. The third-order valence-corrected chi connectivity index (χ3v) is 6.26. The van der Waals surface area contributed by atoms with Crippen LogP contribution in [0.3, 0.4) is 0 Å². The minimum absolute atomic E-state index is 0.112. The van der Waals surface area contributed by atoms with Gasteiger partial charge >= 0.3 is 5.97 Å². The number of esters is 1. The van der Waals surface area contributed by atoms with Crippen LogP contribution in [0.4, 0.5) is 0 Å². The van der Waals surface area contributed by atoms with Crippen LogP contribution in [-0.2, 0) is 40.4 Å². The Morgan fingerprint density at radius 1 is 1.03 bits per heavy atom. The zero-order valence-electron chi connectivity index (χ0n) is 22.6. The van der Waals surface area contributed by atoms with Crippen LogP contribution in [0.25, 0.3) is 22.1 Å². The monoisotopic (exact) mass is 531 g/mol. The number of carbonyl (C=O) groups excluding carboxylic acids is 1. The molecule has 4 rings (SSSR count). The molecule has 0 amide bonds. The molecule has 0 saturated carbocycles. The highest BCUT2D eigenvalue weighted by Crippen LogP contribution is 2.34. The summed E-state index contributed by atoms with van der Waals surface area (Å²) in [6.07, 6.45) is -0.203. The van der Waals surface area contributed by atoms with E-state index in [-0.39, 0.29) is 18.5 Å². The summed E-state index contributed by atoms with van der Waals surface area (Å²) in [5, 5.41) is 4.27. The van der Waals surface area contributed by atoms with E-state index >= 15 is 0 Å². The lowest BCUT2D eigenvalue weighted by Gasteiger charge is -2.15. The number of ether oxygens (including phenoxy) is 3. The van der Waals surface area contributed by atoms with Crippen LogP contribution in [0.1, 0.15) is 29.4 Å². The van der Waals surface area contributed by atoms with Crippen molar-refractivity contribution in [3.8, 4) is 16.9 Å². The van der Waals surface area contributed by atoms with E-state index in [1.165, 1.54) is 0 Å². The van der Waals surface area contributed by atoms with Gasteiger partial charge < -0.3 is 35.4 Å². The molecule has 1 heterocycles. The number of nitrogens with two attached hydrogens (primary N) is 2. The maximum absolute atomic E-state index is 12.5. The van der Waals surface area contributed by atoms with Crippen LogP contribution >= 0.6 is 0 Å². The van der Waals surface area contributed by atoms with Crippen LogP contribution < -0.4 is 21.5 Å². The first-order chi connectivity index (χ1) is 19.0. The molecule has 3 aromatic carbocycles. The number of rotatable bonds is 14. The predicted octanol–water partition coefficient (Wildman–Crippen LogP) is 4.31. The van der Waals surface area contributed by atoms with Gasteiger partial charge in [-0.25, -0.2) is 0 Å². The van der Waals surface area contributed by atoms with Crippen molar-refractivity contribution >= 4 is 16.9 Å². The molecule has 0 fully saturated rings. The first-order valence-corrected chi connectivity index (χ1v) is 13.1. The van der Waals surface area contributed by atoms with Gasteiger partial charge in [-0.15, -0.1) is 0 Å². The van der Waals surface area contributed by atoms with Crippen molar-refractivity contribution in [1.29, 1.82) is 0 Å². The number of hydrogen-bond donors (Lipinski definition) is 3. The average Bonchev–Trinajstić information content (AvgIpc) is 3.35. The van der Waals surface area contributed by atoms with Crippen molar-refractivity contribution in [3.05, 3.63) is 89.2 Å². The highest BCUT2D eigenvalue weighted by atomic mass is 16.6. The molecule has 1 aromatic heterocycles. The Morgan fingerprint density at radius 3 is 2.67 bits per heavy atom. The molecule has 0 spiro atoms. The van der Waals surface area contributed by atoms with Gasteiger partial charge in [0, 0.05) is 43.3 Å². The normalized spacial score (nSPS) is 12.0. The summed E-state index contributed by atoms with van der Waals surface area (Å²) in [4.78, 5) is 12.5. The SMILES string of the molecule is COCC(C)OC(=O)Cc1ccccc1OCc1cc(-c2cccc(CN)c2)c2oc(CNCCN)cc2c1. The van der Waals surface area contributed by atoms with Crippen LogP contribution in [-0.4, -0.2) is 38.9 Å². The second kappa shape index (κ2) is 13.9. The summed E-state index contributed by atoms with van der Waals surface area (Å²) < 4.78 is 23.0. The molecule has 1 atom stereocenters. The van der Waals surface area contributed by atoms with Gasteiger partial charge in [-0.1, -0.05) is 36.4 Å². The second-order valence-corrected chi connectivity index (χ2v) is 9.47. The molecule has 8 nitrogen and oxygen atoms in total. The minimum Gasteiger partial charge on any atom is -0.489 e. The fourth-order valence-electron chi connectivity index (χ4n) is 4.47. The first kappa shape index (κ1) is 28.3. The Labute approximate surface area is 229 Å². The summed E-state index contributed by atoms with van der Waals surface area (Å²) in [6, 6.07) is 21.9. The second-order valence-electron chi connectivity index (χ2n) is 9.47. The van der Waals surface area contributed by atoms with Gasteiger partial charge in [0.25, 0.3) is 0 Å². The molecule has 0 saturated heterocycles. The van der Waals surface area contributed by atoms with Gasteiger partial charge in [-0.05, 0) is 53.9 Å². The van der Waals surface area contributed by atoms with Crippen molar-refractivity contribution in [2.24, 2.45) is 11.5 Å². The molecule has 5 N–H and O–H groups in total. The van der Waals surface area contributed by atoms with E-state index in [1.807, 2.05) is 42.5 Å². The van der Waals surface area contributed by atoms with Crippen LogP contribution in [0.15, 0.2) is 71.1 Å². The Balaban J connectivity index is 1.59. The first-order valence-electron chi connectivity index (χ1n) is 13.1. The largest absolute Gasteiger partial charge is 0.489 e. The summed E-state index contributed by atoms with van der Waals surface area (Å²) in [6.45, 7) is 4.78. The van der Waals surface area contributed by atoms with E-state index in [1.54, 1.807) is 14.0 Å². The highest BCUT2D eigenvalue weighted by molar-refractivity contribution is 5.93. The molecular weight excluding hydrogens is 494 g/mol. The standard InChI is InChI=1S/C31H37N3O5/c1-21(19-36-2)38-30(35)16-25-7-3-4-9-29(25)37-20-23-13-26-15-27(18-34-11-10-32)39-31(26)28(14-23)24-8-5-6-22(12-24)17-33/h3-9,12-15,21,34H,10-11,16-20,32-33H2,1-2H3. The van der Waals surface area contributed by atoms with E-state index in [0.717, 1.165) is 44.5 Å². The predicted molar refractivity (Wildman–Crippen MR) is 152 cm³/mol. The Kier molecular flexibility index (Phi) is 10.1. The molecule has 0 aliphatic carbocycles. The zero-order valence-corrected chi connectivity index (χ0v) is 22.6. The lowest BCUT2D eigenvalue weighted by molar-refractivity contribution is -0.149. The van der Waals surface area contributed by atoms with E-state index < -0.39 is 0 Å². The summed E-state index contributed by atoms with van der Waals surface area (Å²) in [5.41, 5.74) is 17.1. The molecule has 39 heavy (non-hydrogen) atoms. The lowest BCUT2D eigenvalue weighted by Crippen LogP contribution is -2.21. The molecule has 4 aromatic rings. The van der Waals surface area contributed by atoms with E-state index in [2.05, 4.69) is 29.6 Å². The van der Waals surface area contributed by atoms with Gasteiger partial charge in [0.2, 0.25) is 0 Å². The number of carbonyl (C=O) groups is 1. The van der Waals surface area contributed by atoms with Crippen LogP contribution in [0.2, 0.25) is 0 Å². The smallest absolute Gasteiger partial charge is 0.310 e. The summed E-state index contributed by atoms with van der Waals surface area (Å²) >= 11 is 0. The number of benzene rings is 3. The number of para-hydroxylation sites is 1. The number of nitrogens with one attached hydrogen (secondary N) is 1. The van der Waals surface area contributed by atoms with Crippen molar-refractivity contribution in [3.63, 3.8) is 0 Å². The molecule has 0 aliphatic heterocycles. The van der Waals surface area contributed by atoms with Gasteiger partial charge in [-0.3, -0.25) is 4.79 Å². The van der Waals surface area contributed by atoms with Crippen molar-refractivity contribution in [2.75, 3.05) is 26.8 Å². The molecule has 0 radical (unpaired) electrons. The Morgan fingerprint density at radius 2 is 1.87 bits per heavy atom. The fourth-order valence-corrected chi connectivity index (χ4v) is 4.47. The van der Waals surface area contributed by atoms with Crippen LogP contribution in [0.5, 0.6) is 5.75 Å². The summed E-state index contributed by atoms with van der Waals surface area (Å²) in [7, 11) is 1.58. The lowest BCUT2D eigenvalue weighted by atomic mass is 9.99. The number of methoxy groups -OCH3 is 1. The van der Waals surface area contributed by atoms with Crippen molar-refractivity contribution < 1.29 is 23.4 Å². The van der Waals surface area contributed by atoms with Gasteiger partial charge in [0.15, 0.2) is 0 Å². The number of hydrogen-bond acceptors (Lipinski definition) is 8.